The average Bonchev–Trinajstić information content (AvgIpc) is 2.20. The predicted octanol–water partition coefficient (Wildman–Crippen LogP) is -0.177. The van der Waals surface area contributed by atoms with Crippen molar-refractivity contribution in [3.05, 3.63) is 0 Å². The summed E-state index contributed by atoms with van der Waals surface area (Å²) in [7, 11) is 2.07. The van der Waals surface area contributed by atoms with Gasteiger partial charge in [-0.1, -0.05) is 26.1 Å². The van der Waals surface area contributed by atoms with E-state index >= 15 is 0 Å². The lowest BCUT2D eigenvalue weighted by atomic mass is 9.95. The number of nitrogens with two attached hydrogens (primary N) is 1. The Hall–Kier alpha value is -0.720. The first-order valence-corrected chi connectivity index (χ1v) is 6.36. The summed E-state index contributed by atoms with van der Waals surface area (Å²) < 4.78 is 0. The number of carbonyl (C=O) groups excluding carboxylic acids is 1. The lowest BCUT2D eigenvalue weighted by Gasteiger charge is -2.33. The minimum absolute atomic E-state index is 0.0861. The van der Waals surface area contributed by atoms with Crippen molar-refractivity contribution in [2.45, 2.75) is 13.8 Å². The van der Waals surface area contributed by atoms with Crippen LogP contribution in [0.15, 0.2) is 0 Å². The Kier molecular flexibility index (Phi) is 5.30. The smallest absolute Gasteiger partial charge is 0.244 e. The van der Waals surface area contributed by atoms with Gasteiger partial charge in [0.05, 0.1) is 10.9 Å². The lowest BCUT2D eigenvalue weighted by Crippen LogP contribution is -2.55. The highest BCUT2D eigenvalue weighted by molar-refractivity contribution is 7.80. The minimum atomic E-state index is -0.385. The third-order valence-corrected chi connectivity index (χ3v) is 3.28. The number of thiocarbonyl (C=S) groups is 1. The standard InChI is InChI=1S/C11H22N4OS/c1-8(2)9(10(12)17)11(16)13-15-6-4-14(3)5-7-15/h8-9H,4-7H2,1-3H3,(H2,12,17)(H,13,16). The molecular weight excluding hydrogens is 236 g/mol. The van der Waals surface area contributed by atoms with Crippen LogP contribution < -0.4 is 11.2 Å². The van der Waals surface area contributed by atoms with Crippen molar-refractivity contribution >= 4 is 23.1 Å². The van der Waals surface area contributed by atoms with E-state index in [9.17, 15) is 4.79 Å². The number of hydrogen-bond acceptors (Lipinski definition) is 4. The molecule has 1 fully saturated rings. The van der Waals surface area contributed by atoms with Gasteiger partial charge in [-0.2, -0.15) is 0 Å². The maximum atomic E-state index is 12.0. The quantitative estimate of drug-likeness (QED) is 0.685. The van der Waals surface area contributed by atoms with E-state index in [2.05, 4.69) is 17.4 Å². The first kappa shape index (κ1) is 14.3. The van der Waals surface area contributed by atoms with E-state index in [-0.39, 0.29) is 22.7 Å². The van der Waals surface area contributed by atoms with E-state index in [0.29, 0.717) is 0 Å². The van der Waals surface area contributed by atoms with Gasteiger partial charge in [0.15, 0.2) is 0 Å². The summed E-state index contributed by atoms with van der Waals surface area (Å²) in [5, 5.41) is 1.94. The van der Waals surface area contributed by atoms with Crippen LogP contribution in [0.1, 0.15) is 13.8 Å². The SMILES string of the molecule is CC(C)C(C(=O)NN1CCN(C)CC1)C(N)=S. The van der Waals surface area contributed by atoms with Crippen molar-refractivity contribution in [2.75, 3.05) is 33.2 Å². The Bertz CT molecular complexity index is 287. The summed E-state index contributed by atoms with van der Waals surface area (Å²) in [6.07, 6.45) is 0. The van der Waals surface area contributed by atoms with Gasteiger partial charge in [0, 0.05) is 26.2 Å². The minimum Gasteiger partial charge on any atom is -0.393 e. The first-order valence-electron chi connectivity index (χ1n) is 5.95. The van der Waals surface area contributed by atoms with E-state index in [1.54, 1.807) is 0 Å². The van der Waals surface area contributed by atoms with Crippen LogP contribution in [0.5, 0.6) is 0 Å². The first-order chi connectivity index (χ1) is 7.91. The van der Waals surface area contributed by atoms with Gasteiger partial charge >= 0.3 is 0 Å². The van der Waals surface area contributed by atoms with Gasteiger partial charge in [-0.05, 0) is 13.0 Å². The van der Waals surface area contributed by atoms with Crippen molar-refractivity contribution < 1.29 is 4.79 Å². The van der Waals surface area contributed by atoms with Crippen molar-refractivity contribution in [3.8, 4) is 0 Å². The summed E-state index contributed by atoms with van der Waals surface area (Å²) in [5.41, 5.74) is 8.51. The Labute approximate surface area is 108 Å². The zero-order valence-corrected chi connectivity index (χ0v) is 11.6. The van der Waals surface area contributed by atoms with Gasteiger partial charge in [-0.15, -0.1) is 0 Å². The molecule has 0 radical (unpaired) electrons. The topological polar surface area (TPSA) is 61.6 Å². The Morgan fingerprint density at radius 2 is 1.82 bits per heavy atom. The highest BCUT2D eigenvalue weighted by Crippen LogP contribution is 2.11. The molecule has 1 unspecified atom stereocenters. The van der Waals surface area contributed by atoms with Crippen LogP contribution in [0.3, 0.4) is 0 Å². The monoisotopic (exact) mass is 258 g/mol. The maximum Gasteiger partial charge on any atom is 0.244 e. The molecule has 0 aliphatic carbocycles. The third-order valence-electron chi connectivity index (χ3n) is 3.03. The molecule has 1 heterocycles. The molecule has 1 rings (SSSR count). The molecule has 0 aromatic heterocycles. The molecule has 98 valence electrons. The molecule has 0 spiro atoms. The normalized spacial score (nSPS) is 20.2. The molecule has 1 atom stereocenters. The number of carbonyl (C=O) groups is 1. The van der Waals surface area contributed by atoms with Crippen LogP contribution in [0.25, 0.3) is 0 Å². The zero-order chi connectivity index (χ0) is 13.0. The van der Waals surface area contributed by atoms with Gasteiger partial charge < -0.3 is 10.6 Å². The van der Waals surface area contributed by atoms with Crippen LogP contribution in [0.2, 0.25) is 0 Å². The number of hydrogen-bond donors (Lipinski definition) is 2. The molecule has 1 aliphatic rings. The van der Waals surface area contributed by atoms with Crippen molar-refractivity contribution in [1.82, 2.24) is 15.3 Å². The second-order valence-electron chi connectivity index (χ2n) is 4.89. The second-order valence-corrected chi connectivity index (χ2v) is 5.36. The van der Waals surface area contributed by atoms with Gasteiger partial charge in [0.25, 0.3) is 0 Å². The summed E-state index contributed by atoms with van der Waals surface area (Å²) in [6, 6.07) is 0. The number of likely N-dealkylation sites (N-methyl/N-ethyl adjacent to an activating group) is 1. The molecule has 0 saturated carbocycles. The number of hydrazine groups is 1. The molecular formula is C11H22N4OS. The van der Waals surface area contributed by atoms with E-state index in [1.165, 1.54) is 0 Å². The number of amides is 1. The van der Waals surface area contributed by atoms with Gasteiger partial charge in [0.2, 0.25) is 5.91 Å². The molecule has 6 heteroatoms. The number of nitrogens with one attached hydrogen (secondary N) is 1. The van der Waals surface area contributed by atoms with Crippen LogP contribution >= 0.6 is 12.2 Å². The zero-order valence-electron chi connectivity index (χ0n) is 10.8. The molecule has 0 aromatic carbocycles. The van der Waals surface area contributed by atoms with Crippen molar-refractivity contribution in [2.24, 2.45) is 17.6 Å². The second kappa shape index (κ2) is 6.28. The summed E-state index contributed by atoms with van der Waals surface area (Å²) in [4.78, 5) is 14.5. The van der Waals surface area contributed by atoms with Crippen molar-refractivity contribution in [1.29, 1.82) is 0 Å². The van der Waals surface area contributed by atoms with E-state index in [4.69, 9.17) is 18.0 Å². The summed E-state index contributed by atoms with van der Waals surface area (Å²) >= 11 is 4.95. The molecule has 17 heavy (non-hydrogen) atoms. The maximum absolute atomic E-state index is 12.0. The third kappa shape index (κ3) is 4.22. The average molecular weight is 258 g/mol. The predicted molar refractivity (Wildman–Crippen MR) is 72.3 cm³/mol. The highest BCUT2D eigenvalue weighted by Gasteiger charge is 2.27. The fraction of sp³-hybridized carbons (Fsp3) is 0.818. The molecule has 1 saturated heterocycles. The molecule has 0 aromatic rings. The molecule has 3 N–H and O–H groups in total. The van der Waals surface area contributed by atoms with Gasteiger partial charge in [0.1, 0.15) is 0 Å². The van der Waals surface area contributed by atoms with Crippen LogP contribution in [0, 0.1) is 11.8 Å². The molecule has 5 nitrogen and oxygen atoms in total. The highest BCUT2D eigenvalue weighted by atomic mass is 32.1. The van der Waals surface area contributed by atoms with Gasteiger partial charge in [-0.25, -0.2) is 5.01 Å². The van der Waals surface area contributed by atoms with Crippen LogP contribution in [-0.4, -0.2) is 54.0 Å². The molecule has 1 aliphatic heterocycles. The largest absolute Gasteiger partial charge is 0.393 e. The Morgan fingerprint density at radius 1 is 1.29 bits per heavy atom. The molecule has 0 bridgehead atoms. The van der Waals surface area contributed by atoms with Crippen LogP contribution in [-0.2, 0) is 4.79 Å². The van der Waals surface area contributed by atoms with E-state index in [0.717, 1.165) is 26.2 Å². The van der Waals surface area contributed by atoms with Crippen molar-refractivity contribution in [3.63, 3.8) is 0 Å². The van der Waals surface area contributed by atoms with Gasteiger partial charge in [-0.3, -0.25) is 10.2 Å². The number of nitrogens with zero attached hydrogens (tertiary/aromatic N) is 2. The summed E-state index contributed by atoms with van der Waals surface area (Å²) in [5.74, 6) is -0.346. The number of rotatable bonds is 4. The van der Waals surface area contributed by atoms with E-state index in [1.807, 2.05) is 18.9 Å². The fourth-order valence-corrected chi connectivity index (χ4v) is 2.28. The number of piperazine rings is 1. The van der Waals surface area contributed by atoms with E-state index < -0.39 is 0 Å². The Morgan fingerprint density at radius 3 is 2.24 bits per heavy atom. The molecule has 1 amide bonds. The fourth-order valence-electron chi connectivity index (χ4n) is 1.90. The Balaban J connectivity index is 2.50. The summed E-state index contributed by atoms with van der Waals surface area (Å²) in [6.45, 7) is 7.49. The van der Waals surface area contributed by atoms with Crippen LogP contribution in [0.4, 0.5) is 0 Å². The lowest BCUT2D eigenvalue weighted by molar-refractivity contribution is -0.129.